The van der Waals surface area contributed by atoms with Crippen molar-refractivity contribution >= 4 is 23.0 Å². The minimum atomic E-state index is -0.113. The Bertz CT molecular complexity index is 587. The number of hydrogen-bond acceptors (Lipinski definition) is 2. The van der Waals surface area contributed by atoms with Crippen LogP contribution in [0.15, 0.2) is 48.5 Å². The Labute approximate surface area is 112 Å². The fraction of sp³-hybridized carbons (Fsp3) is 0.133. The predicted molar refractivity (Wildman–Crippen MR) is 75.2 cm³/mol. The number of para-hydroxylation sites is 1. The van der Waals surface area contributed by atoms with Gasteiger partial charge in [-0.15, -0.1) is 0 Å². The van der Waals surface area contributed by atoms with Gasteiger partial charge >= 0.3 is 0 Å². The van der Waals surface area contributed by atoms with Crippen molar-refractivity contribution in [3.8, 4) is 6.07 Å². The van der Waals surface area contributed by atoms with Gasteiger partial charge in [0, 0.05) is 5.69 Å². The standard InChI is InChI=1S/C15H13ClN2/c1-11(10-17)12-5-4-6-13(9-12)18-15-8-3-2-7-14(15)16/h2-9,11,18H,1H3. The third-order valence-corrected chi connectivity index (χ3v) is 3.06. The molecule has 2 aromatic carbocycles. The first kappa shape index (κ1) is 12.5. The molecule has 1 unspecified atom stereocenters. The maximum Gasteiger partial charge on any atom is 0.0700 e. The molecule has 0 radical (unpaired) electrons. The van der Waals surface area contributed by atoms with Gasteiger partial charge in [-0.2, -0.15) is 5.26 Å². The van der Waals surface area contributed by atoms with Crippen LogP contribution in [-0.2, 0) is 0 Å². The zero-order chi connectivity index (χ0) is 13.0. The number of anilines is 2. The van der Waals surface area contributed by atoms with E-state index in [1.807, 2.05) is 55.5 Å². The van der Waals surface area contributed by atoms with Gasteiger partial charge in [0.1, 0.15) is 0 Å². The minimum Gasteiger partial charge on any atom is -0.354 e. The van der Waals surface area contributed by atoms with Gasteiger partial charge in [-0.1, -0.05) is 35.9 Å². The Morgan fingerprint density at radius 3 is 2.67 bits per heavy atom. The average Bonchev–Trinajstić information content (AvgIpc) is 2.41. The molecule has 0 amide bonds. The van der Waals surface area contributed by atoms with Crippen LogP contribution in [0.5, 0.6) is 0 Å². The van der Waals surface area contributed by atoms with E-state index in [-0.39, 0.29) is 5.92 Å². The summed E-state index contributed by atoms with van der Waals surface area (Å²) in [6, 6.07) is 17.6. The molecule has 0 fully saturated rings. The van der Waals surface area contributed by atoms with Gasteiger partial charge in [0.05, 0.1) is 22.7 Å². The van der Waals surface area contributed by atoms with Gasteiger partial charge in [0.25, 0.3) is 0 Å². The molecular weight excluding hydrogens is 244 g/mol. The molecule has 0 aliphatic rings. The fourth-order valence-electron chi connectivity index (χ4n) is 1.68. The van der Waals surface area contributed by atoms with Crippen LogP contribution in [0.2, 0.25) is 5.02 Å². The summed E-state index contributed by atoms with van der Waals surface area (Å²) in [7, 11) is 0. The lowest BCUT2D eigenvalue weighted by Crippen LogP contribution is -1.94. The van der Waals surface area contributed by atoms with E-state index in [1.165, 1.54) is 0 Å². The number of hydrogen-bond donors (Lipinski definition) is 1. The molecule has 90 valence electrons. The molecule has 0 bridgehead atoms. The summed E-state index contributed by atoms with van der Waals surface area (Å²) < 4.78 is 0. The summed E-state index contributed by atoms with van der Waals surface area (Å²) in [5, 5.41) is 12.8. The first-order valence-electron chi connectivity index (χ1n) is 5.72. The largest absolute Gasteiger partial charge is 0.354 e. The third kappa shape index (κ3) is 2.82. The van der Waals surface area contributed by atoms with Crippen LogP contribution in [0.1, 0.15) is 18.4 Å². The number of nitriles is 1. The van der Waals surface area contributed by atoms with Gasteiger partial charge < -0.3 is 5.32 Å². The van der Waals surface area contributed by atoms with Crippen LogP contribution < -0.4 is 5.32 Å². The Kier molecular flexibility index (Phi) is 3.86. The Balaban J connectivity index is 2.26. The van der Waals surface area contributed by atoms with Gasteiger partial charge in [-0.3, -0.25) is 0 Å². The number of benzene rings is 2. The van der Waals surface area contributed by atoms with Crippen molar-refractivity contribution in [2.75, 3.05) is 5.32 Å². The molecule has 0 aliphatic carbocycles. The van der Waals surface area contributed by atoms with Crippen molar-refractivity contribution in [3.05, 3.63) is 59.1 Å². The van der Waals surface area contributed by atoms with Crippen LogP contribution in [-0.4, -0.2) is 0 Å². The van der Waals surface area contributed by atoms with E-state index in [2.05, 4.69) is 11.4 Å². The second kappa shape index (κ2) is 5.57. The lowest BCUT2D eigenvalue weighted by molar-refractivity contribution is 0.982. The minimum absolute atomic E-state index is 0.113. The van der Waals surface area contributed by atoms with Crippen molar-refractivity contribution < 1.29 is 0 Å². The van der Waals surface area contributed by atoms with Crippen molar-refractivity contribution in [2.45, 2.75) is 12.8 Å². The maximum atomic E-state index is 8.92. The number of halogens is 1. The van der Waals surface area contributed by atoms with Crippen LogP contribution in [0, 0.1) is 11.3 Å². The molecule has 3 heteroatoms. The predicted octanol–water partition coefficient (Wildman–Crippen LogP) is 4.71. The molecule has 0 aliphatic heterocycles. The van der Waals surface area contributed by atoms with Gasteiger partial charge in [0.2, 0.25) is 0 Å². The molecule has 0 aromatic heterocycles. The smallest absolute Gasteiger partial charge is 0.0700 e. The molecule has 18 heavy (non-hydrogen) atoms. The molecule has 2 rings (SSSR count). The third-order valence-electron chi connectivity index (χ3n) is 2.73. The van der Waals surface area contributed by atoms with E-state index >= 15 is 0 Å². The molecule has 1 N–H and O–H groups in total. The first-order chi connectivity index (χ1) is 8.70. The number of nitrogens with one attached hydrogen (secondary N) is 1. The normalized spacial score (nSPS) is 11.6. The lowest BCUT2D eigenvalue weighted by atomic mass is 10.0. The zero-order valence-electron chi connectivity index (χ0n) is 10.0. The molecule has 0 heterocycles. The Morgan fingerprint density at radius 1 is 1.17 bits per heavy atom. The lowest BCUT2D eigenvalue weighted by Gasteiger charge is -2.10. The molecular formula is C15H13ClN2. The SMILES string of the molecule is CC(C#N)c1cccc(Nc2ccccc2Cl)c1. The molecule has 0 saturated heterocycles. The Morgan fingerprint density at radius 2 is 1.94 bits per heavy atom. The highest BCUT2D eigenvalue weighted by molar-refractivity contribution is 6.33. The zero-order valence-corrected chi connectivity index (χ0v) is 10.8. The molecule has 2 nitrogen and oxygen atoms in total. The van der Waals surface area contributed by atoms with Gasteiger partial charge in [0.15, 0.2) is 0 Å². The van der Waals surface area contributed by atoms with Crippen LogP contribution in [0.3, 0.4) is 0 Å². The first-order valence-corrected chi connectivity index (χ1v) is 6.09. The second-order valence-corrected chi connectivity index (χ2v) is 4.49. The van der Waals surface area contributed by atoms with Crippen LogP contribution in [0.25, 0.3) is 0 Å². The topological polar surface area (TPSA) is 35.8 Å². The van der Waals surface area contributed by atoms with E-state index in [4.69, 9.17) is 16.9 Å². The maximum absolute atomic E-state index is 8.92. The van der Waals surface area contributed by atoms with Gasteiger partial charge in [-0.05, 0) is 36.8 Å². The highest BCUT2D eigenvalue weighted by Gasteiger charge is 2.05. The quantitative estimate of drug-likeness (QED) is 0.863. The van der Waals surface area contributed by atoms with E-state index in [1.54, 1.807) is 0 Å². The highest BCUT2D eigenvalue weighted by atomic mass is 35.5. The van der Waals surface area contributed by atoms with Crippen LogP contribution >= 0.6 is 11.6 Å². The molecule has 1 atom stereocenters. The molecule has 0 spiro atoms. The molecule has 2 aromatic rings. The van der Waals surface area contributed by atoms with Crippen molar-refractivity contribution in [1.82, 2.24) is 0 Å². The van der Waals surface area contributed by atoms with E-state index in [0.717, 1.165) is 16.9 Å². The summed E-state index contributed by atoms with van der Waals surface area (Å²) in [6.07, 6.45) is 0. The van der Waals surface area contributed by atoms with Crippen LogP contribution in [0.4, 0.5) is 11.4 Å². The highest BCUT2D eigenvalue weighted by Crippen LogP contribution is 2.26. The Hall–Kier alpha value is -1.98. The monoisotopic (exact) mass is 256 g/mol. The van der Waals surface area contributed by atoms with Gasteiger partial charge in [-0.25, -0.2) is 0 Å². The summed E-state index contributed by atoms with van der Waals surface area (Å²) in [4.78, 5) is 0. The number of nitrogens with zero attached hydrogens (tertiary/aromatic N) is 1. The average molecular weight is 257 g/mol. The van der Waals surface area contributed by atoms with E-state index in [9.17, 15) is 0 Å². The summed E-state index contributed by atoms with van der Waals surface area (Å²) in [5.41, 5.74) is 2.79. The summed E-state index contributed by atoms with van der Waals surface area (Å²) >= 11 is 6.09. The van der Waals surface area contributed by atoms with Crippen molar-refractivity contribution in [1.29, 1.82) is 5.26 Å². The van der Waals surface area contributed by atoms with E-state index in [0.29, 0.717) is 5.02 Å². The van der Waals surface area contributed by atoms with Crippen molar-refractivity contribution in [3.63, 3.8) is 0 Å². The summed E-state index contributed by atoms with van der Waals surface area (Å²) in [5.74, 6) is -0.113. The number of rotatable bonds is 3. The fourth-order valence-corrected chi connectivity index (χ4v) is 1.86. The van der Waals surface area contributed by atoms with Crippen molar-refractivity contribution in [2.24, 2.45) is 0 Å². The second-order valence-electron chi connectivity index (χ2n) is 4.08. The van der Waals surface area contributed by atoms with E-state index < -0.39 is 0 Å². The summed E-state index contributed by atoms with van der Waals surface area (Å²) in [6.45, 7) is 1.88. The molecule has 0 saturated carbocycles.